The Kier molecular flexibility index (Phi) is 8.41. The molecule has 0 saturated carbocycles. The second-order valence-electron chi connectivity index (χ2n) is 24.6. The summed E-state index contributed by atoms with van der Waals surface area (Å²) >= 11 is 0. The molecule has 1 aliphatic heterocycles. The Morgan fingerprint density at radius 1 is 0.535 bits per heavy atom. The van der Waals surface area contributed by atoms with Crippen molar-refractivity contribution in [2.45, 2.75) is 130 Å². The first-order valence-electron chi connectivity index (χ1n) is 42.3. The van der Waals surface area contributed by atoms with Gasteiger partial charge in [0, 0.05) is 100.0 Å². The van der Waals surface area contributed by atoms with Gasteiger partial charge >= 0.3 is 0 Å². The third kappa shape index (κ3) is 10.7. The number of ether oxygens (including phenoxy) is 1. The van der Waals surface area contributed by atoms with Crippen LogP contribution in [0.1, 0.15) is 170 Å². The molecule has 0 unspecified atom stereocenters. The minimum Gasteiger partial charge on any atom is -0.509 e. The summed E-state index contributed by atoms with van der Waals surface area (Å²) in [4.78, 5) is 8.08. The molecule has 0 fully saturated rings. The molecule has 0 spiro atoms. The van der Waals surface area contributed by atoms with E-state index in [1.54, 1.807) is 101 Å². The molecule has 6 heteroatoms. The number of hydrogen-bond donors (Lipinski definition) is 0. The van der Waals surface area contributed by atoms with Crippen LogP contribution in [0.4, 0.5) is 22.7 Å². The van der Waals surface area contributed by atoms with E-state index in [1.165, 1.54) is 16.8 Å². The summed E-state index contributed by atoms with van der Waals surface area (Å²) in [7, 11) is 0. The first-order chi connectivity index (χ1) is 52.4. The van der Waals surface area contributed by atoms with Crippen LogP contribution in [0.25, 0.3) is 72.1 Å². The van der Waals surface area contributed by atoms with Crippen LogP contribution >= 0.6 is 0 Å². The number of nitrogens with zero attached hydrogens (tertiary/aromatic N) is 4. The number of fused-ring (bicyclic) bond motifs is 5. The van der Waals surface area contributed by atoms with Gasteiger partial charge in [0.2, 0.25) is 0 Å². The summed E-state index contributed by atoms with van der Waals surface area (Å²) in [6, 6.07) is 29.8. The van der Waals surface area contributed by atoms with E-state index in [4.69, 9.17) is 35.8 Å². The van der Waals surface area contributed by atoms with Gasteiger partial charge in [-0.1, -0.05) is 222 Å². The van der Waals surface area contributed by atoms with Crippen LogP contribution in [0, 0.1) is 18.8 Å². The largest absolute Gasteiger partial charge is 0.509 e. The average molecular weight is 1330 g/mol. The molecule has 13 rings (SSSR count). The standard InChI is InChI=1S/C80H77N4O.Pt/c1-76(2,3)57-26-21-25-55(43-57)52-33-35-54(36-34-52)64-45-58(77(4,5)6)46-65(56-37-40-67-69(44-56)80(12,13)42-41-79(67,10)11)75(64)83-51-82(71-31-19-20-32-72(71)83)59-27-22-28-60(47-59)85-61-38-39-63-62-29-17-18-30-70(62)84(73(63)48-61)74-49-68(78(7,8)9)66(50-81-74)53-23-15-14-16-24-53;/h14-40,43-46,49-51H,41-42H2,1-13H3;/q-3;/i10D3,11D3,12D3,13D3,14D,15D,16D,17D,18D,23D,24D,29D,30D,33D,34D,35D,36D,41D2,42D2;. The van der Waals surface area contributed by atoms with Gasteiger partial charge in [-0.05, 0) is 137 Å². The average Bonchev–Trinajstić information content (AvgIpc) is 0.804. The van der Waals surface area contributed by atoms with E-state index in [0.717, 1.165) is 23.8 Å². The zero-order chi connectivity index (χ0) is 84.3. The minimum absolute atomic E-state index is 0. The van der Waals surface area contributed by atoms with Gasteiger partial charge in [0.15, 0.2) is 0 Å². The Morgan fingerprint density at radius 2 is 1.17 bits per heavy atom. The first-order valence-corrected chi connectivity index (χ1v) is 27.8. The molecule has 9 aromatic carbocycles. The van der Waals surface area contributed by atoms with Crippen LogP contribution in [0.15, 0.2) is 200 Å². The number of para-hydroxylation sites is 3. The van der Waals surface area contributed by atoms with Crippen molar-refractivity contribution in [2.75, 3.05) is 9.80 Å². The van der Waals surface area contributed by atoms with Crippen molar-refractivity contribution in [1.29, 1.82) is 0 Å². The number of benzene rings is 9. The normalized spacial score (nSPS) is 21.3. The van der Waals surface area contributed by atoms with E-state index in [1.807, 2.05) is 68.4 Å². The Hall–Kier alpha value is -7.98. The Bertz CT molecular complexity index is 5770. The van der Waals surface area contributed by atoms with Crippen molar-refractivity contribution < 1.29 is 65.6 Å². The fourth-order valence-corrected chi connectivity index (χ4v) is 11.1. The number of hydrogen-bond acceptors (Lipinski definition) is 4. The van der Waals surface area contributed by atoms with Crippen molar-refractivity contribution in [2.24, 2.45) is 0 Å². The van der Waals surface area contributed by atoms with Crippen LogP contribution in [0.2, 0.25) is 0 Å². The molecular weight excluding hydrogens is 1230 g/mol. The molecule has 0 radical (unpaired) electrons. The van der Waals surface area contributed by atoms with Crippen molar-refractivity contribution in [3.63, 3.8) is 0 Å². The molecule has 86 heavy (non-hydrogen) atoms. The Morgan fingerprint density at radius 3 is 1.88 bits per heavy atom. The number of pyridine rings is 1. The molecule has 5 nitrogen and oxygen atoms in total. The quantitative estimate of drug-likeness (QED) is 0.135. The maximum absolute atomic E-state index is 10.1. The van der Waals surface area contributed by atoms with Crippen LogP contribution in [-0.2, 0) is 48.1 Å². The summed E-state index contributed by atoms with van der Waals surface area (Å²) in [6.07, 6.45) is -7.38. The summed E-state index contributed by atoms with van der Waals surface area (Å²) in [6.45, 7) is 2.12. The van der Waals surface area contributed by atoms with Crippen molar-refractivity contribution in [1.82, 2.24) is 9.55 Å². The van der Waals surface area contributed by atoms with Crippen molar-refractivity contribution >= 4 is 44.6 Å². The second-order valence-corrected chi connectivity index (χ2v) is 24.6. The molecule has 0 saturated heterocycles. The fraction of sp³-hybridized carbons (Fsp3) is 0.250. The van der Waals surface area contributed by atoms with E-state index >= 15 is 0 Å². The van der Waals surface area contributed by atoms with Gasteiger partial charge in [-0.15, -0.1) is 48.1 Å². The minimum atomic E-state index is -4.40. The number of rotatable bonds is 9. The smallest absolute Gasteiger partial charge is 0.135 e. The summed E-state index contributed by atoms with van der Waals surface area (Å²) < 4.78 is 275. The molecule has 436 valence electrons. The first kappa shape index (κ1) is 33.2. The third-order valence-electron chi connectivity index (χ3n) is 15.5. The van der Waals surface area contributed by atoms with E-state index in [2.05, 4.69) is 12.1 Å². The summed E-state index contributed by atoms with van der Waals surface area (Å²) in [5.41, 5.74) is -9.82. The van der Waals surface area contributed by atoms with Gasteiger partial charge in [-0.3, -0.25) is 0 Å². The van der Waals surface area contributed by atoms with Crippen LogP contribution < -0.4 is 14.5 Å². The monoisotopic (exact) mass is 1330 g/mol. The zero-order valence-corrected chi connectivity index (χ0v) is 50.9. The summed E-state index contributed by atoms with van der Waals surface area (Å²) in [5.74, 6) is 0.189. The van der Waals surface area contributed by atoms with E-state index in [-0.39, 0.29) is 111 Å². The van der Waals surface area contributed by atoms with E-state index < -0.39 is 151 Å². The number of anilines is 4. The molecular formula is C80H77N4OPt-3. The van der Waals surface area contributed by atoms with Gasteiger partial charge in [0.25, 0.3) is 0 Å². The Balaban J connectivity index is 0.0000122. The third-order valence-corrected chi connectivity index (χ3v) is 15.5. The van der Waals surface area contributed by atoms with Gasteiger partial charge < -0.3 is 19.1 Å². The summed E-state index contributed by atoms with van der Waals surface area (Å²) in [5, 5.41) is 0.406. The van der Waals surface area contributed by atoms with Gasteiger partial charge in [0.1, 0.15) is 5.82 Å². The predicted molar refractivity (Wildman–Crippen MR) is 357 cm³/mol. The molecule has 3 heterocycles. The molecule has 0 bridgehead atoms. The number of aromatic nitrogens is 2. The van der Waals surface area contributed by atoms with Crippen LogP contribution in [0.3, 0.4) is 0 Å². The van der Waals surface area contributed by atoms with Crippen LogP contribution in [-0.4, -0.2) is 9.55 Å². The molecule has 11 aromatic rings. The molecule has 1 aliphatic carbocycles. The topological polar surface area (TPSA) is 33.5 Å². The SMILES string of the molecule is [2H]c1c([2H])c([2H])c(-c2cnc(-n3c4[c-]c(Oc5[c-]c(N6[CH-]N(c7c(-c8ccc9c(c8)C(C([2H])([2H])[2H])(C([2H])([2H])[2H])C([2H])([2H])C([2H])([2H])C9(C([2H])([2H])[2H])C([2H])([2H])[2H])cc(C(C)(C)C)cc7-c7c([2H])c([2H])c(-c8cccc(C(C)(C)C)c8)c([2H])c7[2H])c7ccccc76)ccc5)ccc4c4c([2H])c([2H])c([2H])c([2H])c43)cc2C(C)(C)C)c([2H])c1[2H].[Pt]. The second kappa shape index (κ2) is 21.8. The van der Waals surface area contributed by atoms with Crippen molar-refractivity contribution in [3.8, 4) is 61.8 Å². The maximum atomic E-state index is 10.1. The Labute approximate surface area is 565 Å². The molecule has 0 atom stereocenters. The molecule has 0 amide bonds. The van der Waals surface area contributed by atoms with Gasteiger partial charge in [-0.25, -0.2) is 4.98 Å². The predicted octanol–water partition coefficient (Wildman–Crippen LogP) is 21.9. The van der Waals surface area contributed by atoms with Crippen molar-refractivity contribution in [3.05, 3.63) is 247 Å². The van der Waals surface area contributed by atoms with Gasteiger partial charge in [-0.2, -0.15) is 12.1 Å². The zero-order valence-electron chi connectivity index (χ0n) is 77.6. The molecule has 2 aromatic heterocycles. The maximum Gasteiger partial charge on any atom is 0.135 e. The van der Waals surface area contributed by atoms with Gasteiger partial charge in [0.05, 0.1) is 17.8 Å². The van der Waals surface area contributed by atoms with E-state index in [9.17, 15) is 13.7 Å². The van der Waals surface area contributed by atoms with Crippen LogP contribution in [0.5, 0.6) is 11.5 Å². The fourth-order valence-electron chi connectivity index (χ4n) is 11.1. The van der Waals surface area contributed by atoms with E-state index in [0.29, 0.717) is 33.5 Å². The molecule has 2 aliphatic rings. The molecule has 0 N–H and O–H groups in total.